The highest BCUT2D eigenvalue weighted by Crippen LogP contribution is 2.15. The maximum absolute atomic E-state index is 13.1. The lowest BCUT2D eigenvalue weighted by atomic mass is 10.0. The van der Waals surface area contributed by atoms with Gasteiger partial charge in [-0.25, -0.2) is 4.98 Å². The highest BCUT2D eigenvalue weighted by Gasteiger charge is 2.22. The highest BCUT2D eigenvalue weighted by atomic mass is 35.5. The molecule has 0 aliphatic heterocycles. The third kappa shape index (κ3) is 5.50. The number of anilines is 1. The summed E-state index contributed by atoms with van der Waals surface area (Å²) in [7, 11) is 0. The predicted molar refractivity (Wildman–Crippen MR) is 133 cm³/mol. The van der Waals surface area contributed by atoms with Crippen molar-refractivity contribution in [3.63, 3.8) is 0 Å². The van der Waals surface area contributed by atoms with Crippen LogP contribution in [-0.4, -0.2) is 27.4 Å². The first-order valence-electron chi connectivity index (χ1n) is 10.8. The summed E-state index contributed by atoms with van der Waals surface area (Å²) in [6.45, 7) is 1.38. The first-order valence-corrected chi connectivity index (χ1v) is 11.1. The molecule has 3 aromatic carbocycles. The van der Waals surface area contributed by atoms with Crippen LogP contribution in [0.15, 0.2) is 83.7 Å². The van der Waals surface area contributed by atoms with Crippen molar-refractivity contribution in [3.05, 3.63) is 105 Å². The van der Waals surface area contributed by atoms with Gasteiger partial charge in [0.25, 0.3) is 5.56 Å². The molecule has 1 aromatic heterocycles. The second-order valence-electron chi connectivity index (χ2n) is 7.88. The van der Waals surface area contributed by atoms with E-state index in [-0.39, 0.29) is 24.4 Å². The fourth-order valence-electron chi connectivity index (χ4n) is 3.68. The van der Waals surface area contributed by atoms with Crippen LogP contribution in [-0.2, 0) is 22.6 Å². The maximum Gasteiger partial charge on any atom is 0.272 e. The van der Waals surface area contributed by atoms with Crippen LogP contribution in [0, 0.1) is 6.92 Å². The number of nitrogens with zero attached hydrogens (tertiary/aromatic N) is 2. The van der Waals surface area contributed by atoms with Gasteiger partial charge in [-0.2, -0.15) is 0 Å². The first kappa shape index (κ1) is 23.2. The molecule has 2 N–H and O–H groups in total. The van der Waals surface area contributed by atoms with Crippen molar-refractivity contribution in [1.82, 2.24) is 14.9 Å². The summed E-state index contributed by atoms with van der Waals surface area (Å²) in [6.07, 6.45) is 0.289. The van der Waals surface area contributed by atoms with Crippen LogP contribution in [0.3, 0.4) is 0 Å². The highest BCUT2D eigenvalue weighted by molar-refractivity contribution is 6.30. The zero-order chi connectivity index (χ0) is 24.1. The Morgan fingerprint density at radius 1 is 0.971 bits per heavy atom. The van der Waals surface area contributed by atoms with E-state index in [9.17, 15) is 14.4 Å². The van der Waals surface area contributed by atoms with Gasteiger partial charge in [0.05, 0.1) is 11.0 Å². The largest absolute Gasteiger partial charge is 0.342 e. The van der Waals surface area contributed by atoms with Gasteiger partial charge in [0.2, 0.25) is 11.8 Å². The maximum atomic E-state index is 13.1. The standard InChI is InChI=1S/C26H23ClN4O3/c1-17-26(34)31(23-10-6-5-9-21(23)28-17)16-24(32)30-22(15-18-7-3-2-4-8-18)25(33)29-20-13-11-19(27)12-14-20/h2-14,22H,15-16H2,1H3,(H,29,33)(H,30,32)/t22-/m0/s1. The number of fused-ring (bicyclic) bond motifs is 1. The van der Waals surface area contributed by atoms with Crippen molar-refractivity contribution in [2.24, 2.45) is 0 Å². The van der Waals surface area contributed by atoms with Gasteiger partial charge in [-0.1, -0.05) is 54.1 Å². The number of halogens is 1. The quantitative estimate of drug-likeness (QED) is 0.427. The van der Waals surface area contributed by atoms with Gasteiger partial charge in [0.15, 0.2) is 0 Å². The molecule has 172 valence electrons. The molecule has 4 aromatic rings. The molecule has 0 saturated carbocycles. The Bertz CT molecular complexity index is 1390. The molecule has 7 nitrogen and oxygen atoms in total. The Morgan fingerprint density at radius 3 is 2.38 bits per heavy atom. The molecule has 1 heterocycles. The molecular formula is C26H23ClN4O3. The molecule has 0 fully saturated rings. The van der Waals surface area contributed by atoms with Gasteiger partial charge in [0, 0.05) is 17.1 Å². The number of carbonyl (C=O) groups is 2. The molecular weight excluding hydrogens is 452 g/mol. The smallest absolute Gasteiger partial charge is 0.272 e. The summed E-state index contributed by atoms with van der Waals surface area (Å²) in [5, 5.41) is 6.17. The molecule has 8 heteroatoms. The molecule has 0 aliphatic carbocycles. The second-order valence-corrected chi connectivity index (χ2v) is 8.32. The van der Waals surface area contributed by atoms with Crippen LogP contribution in [0.4, 0.5) is 5.69 Å². The molecule has 0 radical (unpaired) electrons. The number of hydrogen-bond donors (Lipinski definition) is 2. The summed E-state index contributed by atoms with van der Waals surface area (Å²) >= 11 is 5.93. The number of hydrogen-bond acceptors (Lipinski definition) is 4. The third-order valence-corrected chi connectivity index (χ3v) is 5.62. The Morgan fingerprint density at radius 2 is 1.65 bits per heavy atom. The molecule has 0 saturated heterocycles. The van der Waals surface area contributed by atoms with Gasteiger partial charge in [-0.3, -0.25) is 19.0 Å². The lowest BCUT2D eigenvalue weighted by Crippen LogP contribution is -2.47. The Hall–Kier alpha value is -3.97. The molecule has 4 rings (SSSR count). The second kappa shape index (κ2) is 10.3. The molecule has 34 heavy (non-hydrogen) atoms. The van der Waals surface area contributed by atoms with Crippen molar-refractivity contribution in [1.29, 1.82) is 0 Å². The van der Waals surface area contributed by atoms with E-state index in [1.165, 1.54) is 4.57 Å². The van der Waals surface area contributed by atoms with Crippen LogP contribution in [0.1, 0.15) is 11.3 Å². The number of aromatic nitrogens is 2. The number of amides is 2. The van der Waals surface area contributed by atoms with E-state index in [0.717, 1.165) is 5.56 Å². The SMILES string of the molecule is Cc1nc2ccccc2n(CC(=O)N[C@@H](Cc2ccccc2)C(=O)Nc2ccc(Cl)cc2)c1=O. The minimum atomic E-state index is -0.851. The number of rotatable bonds is 7. The molecule has 2 amide bonds. The fourth-order valence-corrected chi connectivity index (χ4v) is 3.81. The first-order chi connectivity index (χ1) is 16.4. The van der Waals surface area contributed by atoms with Crippen molar-refractivity contribution in [2.45, 2.75) is 25.9 Å². The van der Waals surface area contributed by atoms with Gasteiger partial charge in [0.1, 0.15) is 18.3 Å². The van der Waals surface area contributed by atoms with Crippen molar-refractivity contribution in [3.8, 4) is 0 Å². The molecule has 0 aliphatic rings. The molecule has 0 bridgehead atoms. The zero-order valence-corrected chi connectivity index (χ0v) is 19.3. The lowest BCUT2D eigenvalue weighted by Gasteiger charge is -2.20. The summed E-state index contributed by atoms with van der Waals surface area (Å²) in [5.74, 6) is -0.826. The van der Waals surface area contributed by atoms with Crippen LogP contribution >= 0.6 is 11.6 Å². The van der Waals surface area contributed by atoms with Crippen molar-refractivity contribution in [2.75, 3.05) is 5.32 Å². The zero-order valence-electron chi connectivity index (χ0n) is 18.5. The van der Waals surface area contributed by atoms with Crippen LogP contribution in [0.25, 0.3) is 11.0 Å². The van der Waals surface area contributed by atoms with Gasteiger partial charge < -0.3 is 10.6 Å². The average Bonchev–Trinajstić information content (AvgIpc) is 2.83. The number of aryl methyl sites for hydroxylation is 1. The van der Waals surface area contributed by atoms with Crippen LogP contribution in [0.2, 0.25) is 5.02 Å². The van der Waals surface area contributed by atoms with Crippen LogP contribution < -0.4 is 16.2 Å². The average molecular weight is 475 g/mol. The lowest BCUT2D eigenvalue weighted by molar-refractivity contribution is -0.126. The van der Waals surface area contributed by atoms with Gasteiger partial charge in [-0.05, 0) is 48.9 Å². The summed E-state index contributed by atoms with van der Waals surface area (Å²) < 4.78 is 1.38. The van der Waals surface area contributed by atoms with E-state index in [0.29, 0.717) is 27.4 Å². The summed E-state index contributed by atoms with van der Waals surface area (Å²) in [5.41, 5.74) is 2.58. The number of nitrogens with one attached hydrogen (secondary N) is 2. The monoisotopic (exact) mass is 474 g/mol. The van der Waals surface area contributed by atoms with Gasteiger partial charge >= 0.3 is 0 Å². The molecule has 0 unspecified atom stereocenters. The molecule has 1 atom stereocenters. The van der Waals surface area contributed by atoms with E-state index in [1.807, 2.05) is 36.4 Å². The minimum absolute atomic E-state index is 0.234. The number of carbonyl (C=O) groups excluding carboxylic acids is 2. The van der Waals surface area contributed by atoms with E-state index in [1.54, 1.807) is 49.4 Å². The van der Waals surface area contributed by atoms with Crippen molar-refractivity contribution < 1.29 is 9.59 Å². The normalized spacial score (nSPS) is 11.7. The van der Waals surface area contributed by atoms with Gasteiger partial charge in [-0.15, -0.1) is 0 Å². The van der Waals surface area contributed by atoms with E-state index >= 15 is 0 Å². The number of para-hydroxylation sites is 2. The van der Waals surface area contributed by atoms with E-state index in [2.05, 4.69) is 15.6 Å². The Balaban J connectivity index is 1.57. The predicted octanol–water partition coefficient (Wildman–Crippen LogP) is 3.72. The topological polar surface area (TPSA) is 93.1 Å². The Kier molecular flexibility index (Phi) is 7.04. The third-order valence-electron chi connectivity index (χ3n) is 5.36. The Labute approximate surface area is 201 Å². The fraction of sp³-hybridized carbons (Fsp3) is 0.154. The van der Waals surface area contributed by atoms with E-state index in [4.69, 9.17) is 11.6 Å². The van der Waals surface area contributed by atoms with E-state index < -0.39 is 11.9 Å². The van der Waals surface area contributed by atoms with Crippen LogP contribution in [0.5, 0.6) is 0 Å². The summed E-state index contributed by atoms with van der Waals surface area (Å²) in [6, 6.07) is 22.4. The molecule has 0 spiro atoms. The summed E-state index contributed by atoms with van der Waals surface area (Å²) in [4.78, 5) is 43.1. The minimum Gasteiger partial charge on any atom is -0.342 e. The van der Waals surface area contributed by atoms with Crippen molar-refractivity contribution >= 4 is 40.1 Å². The number of benzene rings is 3.